The molecule has 0 atom stereocenters. The van der Waals surface area contributed by atoms with Crippen LogP contribution in [0.5, 0.6) is 0 Å². The number of rotatable bonds is 6. The SMILES string of the molecule is CN(C)c1ccc(N(CC(=O)O)CC(=O)O)cc1. The van der Waals surface area contributed by atoms with Crippen LogP contribution < -0.4 is 9.80 Å². The summed E-state index contributed by atoms with van der Waals surface area (Å²) < 4.78 is 0. The average molecular weight is 252 g/mol. The minimum absolute atomic E-state index is 0.340. The van der Waals surface area contributed by atoms with Crippen LogP contribution in [0.1, 0.15) is 0 Å². The fraction of sp³-hybridized carbons (Fsp3) is 0.333. The molecule has 0 heterocycles. The first-order valence-electron chi connectivity index (χ1n) is 5.36. The number of aliphatic carboxylic acids is 2. The standard InChI is InChI=1S/C12H16N2O4/c1-13(2)9-3-5-10(6-4-9)14(7-11(15)16)8-12(17)18/h3-6H,7-8H2,1-2H3,(H,15,16)(H,17,18). The Balaban J connectivity index is 2.90. The number of hydrogen-bond acceptors (Lipinski definition) is 4. The Bertz CT molecular complexity index is 412. The molecule has 0 aromatic heterocycles. The lowest BCUT2D eigenvalue weighted by Gasteiger charge is -2.21. The first kappa shape index (κ1) is 13.8. The van der Waals surface area contributed by atoms with Gasteiger partial charge in [0.2, 0.25) is 0 Å². The molecule has 1 aromatic carbocycles. The van der Waals surface area contributed by atoms with Crippen molar-refractivity contribution >= 4 is 23.3 Å². The van der Waals surface area contributed by atoms with Crippen LogP contribution >= 0.6 is 0 Å². The van der Waals surface area contributed by atoms with E-state index in [0.717, 1.165) is 5.69 Å². The minimum Gasteiger partial charge on any atom is -0.480 e. The number of anilines is 2. The number of carboxylic acid groups (broad SMARTS) is 2. The number of hydrogen-bond donors (Lipinski definition) is 2. The molecule has 18 heavy (non-hydrogen) atoms. The lowest BCUT2D eigenvalue weighted by atomic mass is 10.2. The highest BCUT2D eigenvalue weighted by Crippen LogP contribution is 2.19. The molecule has 6 heteroatoms. The molecule has 0 fully saturated rings. The molecule has 0 spiro atoms. The molecule has 0 radical (unpaired) electrons. The third-order valence-corrected chi connectivity index (χ3v) is 2.38. The summed E-state index contributed by atoms with van der Waals surface area (Å²) in [6.07, 6.45) is 0. The van der Waals surface area contributed by atoms with Crippen molar-refractivity contribution in [3.63, 3.8) is 0 Å². The van der Waals surface area contributed by atoms with Gasteiger partial charge in [-0.15, -0.1) is 0 Å². The van der Waals surface area contributed by atoms with Crippen molar-refractivity contribution in [1.82, 2.24) is 0 Å². The molecule has 6 nitrogen and oxygen atoms in total. The summed E-state index contributed by atoms with van der Waals surface area (Å²) in [6, 6.07) is 7.04. The van der Waals surface area contributed by atoms with Gasteiger partial charge in [0.25, 0.3) is 0 Å². The molecule has 1 aromatic rings. The van der Waals surface area contributed by atoms with E-state index in [9.17, 15) is 9.59 Å². The first-order chi connectivity index (χ1) is 8.40. The Hall–Kier alpha value is -2.24. The zero-order chi connectivity index (χ0) is 13.7. The molecule has 0 unspecified atom stereocenters. The summed E-state index contributed by atoms with van der Waals surface area (Å²) in [5.74, 6) is -2.12. The predicted molar refractivity (Wildman–Crippen MR) is 68.3 cm³/mol. The van der Waals surface area contributed by atoms with Crippen molar-refractivity contribution in [2.45, 2.75) is 0 Å². The second-order valence-electron chi connectivity index (χ2n) is 4.05. The van der Waals surface area contributed by atoms with E-state index in [1.54, 1.807) is 12.1 Å². The van der Waals surface area contributed by atoms with Crippen LogP contribution in [0.15, 0.2) is 24.3 Å². The van der Waals surface area contributed by atoms with Gasteiger partial charge in [-0.3, -0.25) is 9.59 Å². The fourth-order valence-electron chi connectivity index (χ4n) is 1.53. The smallest absolute Gasteiger partial charge is 0.323 e. The number of carboxylic acids is 2. The third-order valence-electron chi connectivity index (χ3n) is 2.38. The van der Waals surface area contributed by atoms with E-state index in [2.05, 4.69) is 0 Å². The summed E-state index contributed by atoms with van der Waals surface area (Å²) >= 11 is 0. The maximum Gasteiger partial charge on any atom is 0.323 e. The molecule has 0 aliphatic carbocycles. The number of carbonyl (C=O) groups is 2. The topological polar surface area (TPSA) is 81.1 Å². The Morgan fingerprint density at radius 1 is 0.944 bits per heavy atom. The van der Waals surface area contributed by atoms with E-state index in [1.165, 1.54) is 4.90 Å². The number of nitrogens with zero attached hydrogens (tertiary/aromatic N) is 2. The van der Waals surface area contributed by atoms with Crippen molar-refractivity contribution in [3.05, 3.63) is 24.3 Å². The zero-order valence-corrected chi connectivity index (χ0v) is 10.3. The average Bonchev–Trinajstić information content (AvgIpc) is 2.27. The van der Waals surface area contributed by atoms with E-state index in [-0.39, 0.29) is 13.1 Å². The van der Waals surface area contributed by atoms with Crippen molar-refractivity contribution in [2.75, 3.05) is 37.0 Å². The molecular formula is C12H16N2O4. The quantitative estimate of drug-likeness (QED) is 0.776. The maximum absolute atomic E-state index is 10.7. The molecule has 0 aliphatic heterocycles. The van der Waals surface area contributed by atoms with Crippen LogP contribution in [0.2, 0.25) is 0 Å². The lowest BCUT2D eigenvalue weighted by Crippen LogP contribution is -2.34. The summed E-state index contributed by atoms with van der Waals surface area (Å²) in [7, 11) is 3.78. The van der Waals surface area contributed by atoms with Gasteiger partial charge in [0.05, 0.1) is 0 Å². The van der Waals surface area contributed by atoms with E-state index in [1.807, 2.05) is 31.1 Å². The minimum atomic E-state index is -1.06. The van der Waals surface area contributed by atoms with Gasteiger partial charge in [-0.25, -0.2) is 0 Å². The first-order valence-corrected chi connectivity index (χ1v) is 5.36. The molecular weight excluding hydrogens is 236 g/mol. The van der Waals surface area contributed by atoms with Crippen LogP contribution in [0.3, 0.4) is 0 Å². The second kappa shape index (κ2) is 5.90. The highest BCUT2D eigenvalue weighted by atomic mass is 16.4. The summed E-state index contributed by atoms with van der Waals surface area (Å²) in [5, 5.41) is 17.5. The van der Waals surface area contributed by atoms with Crippen molar-refractivity contribution < 1.29 is 19.8 Å². The van der Waals surface area contributed by atoms with Gasteiger partial charge in [0.1, 0.15) is 13.1 Å². The highest BCUT2D eigenvalue weighted by molar-refractivity contribution is 5.79. The molecule has 0 bridgehead atoms. The van der Waals surface area contributed by atoms with Gasteiger partial charge >= 0.3 is 11.9 Å². The number of benzene rings is 1. The molecule has 0 saturated heterocycles. The van der Waals surface area contributed by atoms with Crippen LogP contribution in [0, 0.1) is 0 Å². The van der Waals surface area contributed by atoms with Gasteiger partial charge in [-0.2, -0.15) is 0 Å². The van der Waals surface area contributed by atoms with Crippen LogP contribution in [0.25, 0.3) is 0 Å². The van der Waals surface area contributed by atoms with E-state index in [4.69, 9.17) is 10.2 Å². The Labute approximate surface area is 105 Å². The molecule has 2 N–H and O–H groups in total. The van der Waals surface area contributed by atoms with Gasteiger partial charge in [-0.05, 0) is 24.3 Å². The van der Waals surface area contributed by atoms with Gasteiger partial charge < -0.3 is 20.0 Å². The third kappa shape index (κ3) is 3.97. The normalized spacial score (nSPS) is 9.89. The van der Waals surface area contributed by atoms with Gasteiger partial charge in [-0.1, -0.05) is 0 Å². The zero-order valence-electron chi connectivity index (χ0n) is 10.3. The maximum atomic E-state index is 10.7. The van der Waals surface area contributed by atoms with Crippen LogP contribution in [-0.2, 0) is 9.59 Å². The highest BCUT2D eigenvalue weighted by Gasteiger charge is 2.14. The Morgan fingerprint density at radius 2 is 1.33 bits per heavy atom. The lowest BCUT2D eigenvalue weighted by molar-refractivity contribution is -0.136. The van der Waals surface area contributed by atoms with E-state index in [0.29, 0.717) is 5.69 Å². The Kier molecular flexibility index (Phi) is 4.53. The summed E-state index contributed by atoms with van der Waals surface area (Å²) in [6.45, 7) is -0.679. The largest absolute Gasteiger partial charge is 0.480 e. The van der Waals surface area contributed by atoms with Crippen molar-refractivity contribution in [3.8, 4) is 0 Å². The fourth-order valence-corrected chi connectivity index (χ4v) is 1.53. The molecule has 0 aliphatic rings. The molecule has 98 valence electrons. The summed E-state index contributed by atoms with van der Waals surface area (Å²) in [5.41, 5.74) is 1.54. The van der Waals surface area contributed by atoms with Crippen LogP contribution in [0.4, 0.5) is 11.4 Å². The Morgan fingerprint density at radius 3 is 1.67 bits per heavy atom. The monoisotopic (exact) mass is 252 g/mol. The van der Waals surface area contributed by atoms with Crippen molar-refractivity contribution in [1.29, 1.82) is 0 Å². The van der Waals surface area contributed by atoms with Crippen molar-refractivity contribution in [2.24, 2.45) is 0 Å². The van der Waals surface area contributed by atoms with Crippen LogP contribution in [-0.4, -0.2) is 49.3 Å². The molecule has 0 amide bonds. The predicted octanol–water partition coefficient (Wildman–Crippen LogP) is 0.728. The molecule has 0 saturated carbocycles. The van der Waals surface area contributed by atoms with E-state index >= 15 is 0 Å². The second-order valence-corrected chi connectivity index (χ2v) is 4.05. The summed E-state index contributed by atoms with van der Waals surface area (Å²) in [4.78, 5) is 24.6. The molecule has 1 rings (SSSR count). The van der Waals surface area contributed by atoms with Gasteiger partial charge in [0.15, 0.2) is 0 Å². The van der Waals surface area contributed by atoms with Gasteiger partial charge in [0, 0.05) is 25.5 Å². The van der Waals surface area contributed by atoms with E-state index < -0.39 is 11.9 Å².